The van der Waals surface area contributed by atoms with Gasteiger partial charge >= 0.3 is 11.9 Å². The second kappa shape index (κ2) is 32.3. The average Bonchev–Trinajstić information content (AvgIpc) is 4.11. The zero-order valence-corrected chi connectivity index (χ0v) is 45.6. The standard InChI is InChI=1S/C61H74N2O13/c1-12-24-53(72-40-44-30-34-46(67-7)35-31-44)60(3,4)52(64)28-22-18-14-16-20-26-49(70-10)39-57-63-51(43-75-57)59(66)76-55(61(5,6)54(25-13-2)73-41-45-32-36-47(68-8)37-33-45)29-23-19-15-17-21-27-48(69-9)38-56-62-50(42-74-56)58(65)71-11/h12-13,18-27,30-37,42-43,48-49,52-55,64H,28-29,38-41H2,1-11H3/b22-18+,23-19+,24-12+,25-13+,26-20+,27-21+/t48-,49-,52-,53-,54-,55-/m0/s1. The van der Waals surface area contributed by atoms with Gasteiger partial charge in [0.25, 0.3) is 0 Å². The number of hydrogen-bond donors (Lipinski definition) is 1. The Hall–Kier alpha value is -7.24. The molecule has 1 N–H and O–H groups in total. The highest BCUT2D eigenvalue weighted by atomic mass is 16.6. The van der Waals surface area contributed by atoms with E-state index in [4.69, 9.17) is 46.7 Å². The molecule has 2 heterocycles. The minimum absolute atomic E-state index is 0.000347. The molecule has 15 nitrogen and oxygen atoms in total. The predicted molar refractivity (Wildman–Crippen MR) is 290 cm³/mol. The number of aromatic nitrogens is 2. The van der Waals surface area contributed by atoms with Crippen molar-refractivity contribution in [3.05, 3.63) is 168 Å². The van der Waals surface area contributed by atoms with Crippen molar-refractivity contribution in [2.45, 2.75) is 117 Å². The number of aliphatic hydroxyl groups excluding tert-OH is 1. The lowest BCUT2D eigenvalue weighted by Crippen LogP contribution is -2.43. The van der Waals surface area contributed by atoms with Crippen LogP contribution in [0.3, 0.4) is 0 Å². The van der Waals surface area contributed by atoms with E-state index in [0.717, 1.165) is 22.6 Å². The molecule has 0 saturated heterocycles. The maximum Gasteiger partial charge on any atom is 0.360 e. The first kappa shape index (κ1) is 61.3. The molecule has 0 saturated carbocycles. The maximum atomic E-state index is 13.9. The van der Waals surface area contributed by atoms with E-state index in [2.05, 4.69) is 33.6 Å². The summed E-state index contributed by atoms with van der Waals surface area (Å²) in [5.41, 5.74) is 0.673. The number of esters is 2. The van der Waals surface area contributed by atoms with Gasteiger partial charge in [0.2, 0.25) is 0 Å². The van der Waals surface area contributed by atoms with Crippen molar-refractivity contribution in [3.63, 3.8) is 0 Å². The predicted octanol–water partition coefficient (Wildman–Crippen LogP) is 10.6. The summed E-state index contributed by atoms with van der Waals surface area (Å²) < 4.78 is 56.6. The maximum absolute atomic E-state index is 13.9. The van der Waals surface area contributed by atoms with Crippen LogP contribution in [0.4, 0.5) is 0 Å². The number of rotatable bonds is 29. The number of methoxy groups -OCH3 is 5. The molecule has 6 atom stereocenters. The van der Waals surface area contributed by atoms with Crippen LogP contribution in [0.15, 0.2) is 143 Å². The number of benzene rings is 2. The molecule has 2 aromatic heterocycles. The van der Waals surface area contributed by atoms with Crippen molar-refractivity contribution in [2.75, 3.05) is 35.5 Å². The molecule has 406 valence electrons. The van der Waals surface area contributed by atoms with Gasteiger partial charge in [0.1, 0.15) is 30.1 Å². The Kier molecular flexibility index (Phi) is 26.0. The van der Waals surface area contributed by atoms with Crippen molar-refractivity contribution < 1.29 is 61.4 Å². The van der Waals surface area contributed by atoms with Crippen LogP contribution < -0.4 is 9.47 Å². The second-order valence-corrected chi connectivity index (χ2v) is 18.5. The first-order valence-electron chi connectivity index (χ1n) is 24.9. The number of aliphatic hydroxyl groups is 1. The summed E-state index contributed by atoms with van der Waals surface area (Å²) >= 11 is 0. The summed E-state index contributed by atoms with van der Waals surface area (Å²) in [4.78, 5) is 34.2. The molecule has 0 unspecified atom stereocenters. The Labute approximate surface area is 448 Å². The molecule has 0 aliphatic heterocycles. The zero-order chi connectivity index (χ0) is 55.4. The van der Waals surface area contributed by atoms with Crippen LogP contribution in [0, 0.1) is 34.5 Å². The summed E-state index contributed by atoms with van der Waals surface area (Å²) in [7, 11) is 7.63. The van der Waals surface area contributed by atoms with Crippen LogP contribution in [0.5, 0.6) is 11.5 Å². The molecule has 0 spiro atoms. The fourth-order valence-corrected chi connectivity index (χ4v) is 7.49. The quantitative estimate of drug-likeness (QED) is 0.0308. The number of carbonyl (C=O) groups excluding carboxylic acids is 2. The van der Waals surface area contributed by atoms with Gasteiger partial charge in [-0.3, -0.25) is 0 Å². The Bertz CT molecular complexity index is 2700. The molecule has 0 bridgehead atoms. The van der Waals surface area contributed by atoms with Crippen molar-refractivity contribution in [1.82, 2.24) is 9.97 Å². The number of allylic oxidation sites excluding steroid dienone is 6. The third-order valence-electron chi connectivity index (χ3n) is 12.4. The van der Waals surface area contributed by atoms with Gasteiger partial charge in [0.05, 0.1) is 77.9 Å². The Morgan fingerprint density at radius 2 is 1.04 bits per heavy atom. The van der Waals surface area contributed by atoms with Gasteiger partial charge < -0.3 is 51.8 Å². The van der Waals surface area contributed by atoms with E-state index in [0.29, 0.717) is 31.9 Å². The van der Waals surface area contributed by atoms with E-state index in [9.17, 15) is 14.7 Å². The Morgan fingerprint density at radius 1 is 0.605 bits per heavy atom. The molecule has 15 heteroatoms. The summed E-state index contributed by atoms with van der Waals surface area (Å²) in [5, 5.41) is 11.2. The average molecular weight is 1040 g/mol. The van der Waals surface area contributed by atoms with Crippen LogP contribution in [0.1, 0.15) is 98.3 Å². The van der Waals surface area contributed by atoms with Crippen molar-refractivity contribution in [1.29, 1.82) is 0 Å². The summed E-state index contributed by atoms with van der Waals surface area (Å²) in [5.74, 6) is 12.8. The number of oxazole rings is 2. The lowest BCUT2D eigenvalue weighted by Gasteiger charge is -2.38. The number of nitrogens with zero attached hydrogens (tertiary/aromatic N) is 2. The van der Waals surface area contributed by atoms with Crippen molar-refractivity contribution in [2.24, 2.45) is 10.8 Å². The second-order valence-electron chi connectivity index (χ2n) is 18.5. The zero-order valence-electron chi connectivity index (χ0n) is 45.6. The molecule has 0 fully saturated rings. The minimum atomic E-state index is -0.764. The first-order valence-corrected chi connectivity index (χ1v) is 24.9. The van der Waals surface area contributed by atoms with Crippen LogP contribution in [0.2, 0.25) is 0 Å². The van der Waals surface area contributed by atoms with E-state index in [1.165, 1.54) is 19.6 Å². The Balaban J connectivity index is 1.40. The molecule has 4 aromatic rings. The first-order chi connectivity index (χ1) is 36.6. The number of hydrogen-bond acceptors (Lipinski definition) is 15. The third kappa shape index (κ3) is 19.8. The van der Waals surface area contributed by atoms with Crippen LogP contribution in [-0.2, 0) is 54.5 Å². The van der Waals surface area contributed by atoms with Crippen molar-refractivity contribution >= 4 is 11.9 Å². The van der Waals surface area contributed by atoms with Crippen molar-refractivity contribution in [3.8, 4) is 35.2 Å². The van der Waals surface area contributed by atoms with Crippen LogP contribution in [0.25, 0.3) is 0 Å². The molecule has 0 aliphatic carbocycles. The van der Waals surface area contributed by atoms with Crippen LogP contribution in [-0.4, -0.2) is 99.2 Å². The van der Waals surface area contributed by atoms with E-state index < -0.39 is 53.3 Å². The monoisotopic (exact) mass is 1040 g/mol. The highest BCUT2D eigenvalue weighted by Crippen LogP contribution is 2.35. The number of ether oxygens (including phenoxy) is 8. The smallest absolute Gasteiger partial charge is 0.360 e. The SMILES string of the molecule is C/C=C/[C@H](OCc1ccc(OC)cc1)C(C)(C)[C@H](C/C=C/C#C/C=C/[C@@H](Cc1nc(C(=O)OC)co1)OC)OC(=O)c1coc(C[C@H](/C=C/C#C/C=C/C[C@H](O)C(C)(C)[C@H](/C=C/C)OCc2ccc(OC)cc2)OC)n1. The summed E-state index contributed by atoms with van der Waals surface area (Å²) in [6.45, 7) is 12.5. The topological polar surface area (TPSA) is 180 Å². The van der Waals surface area contributed by atoms with Gasteiger partial charge in [0.15, 0.2) is 23.2 Å². The van der Waals surface area contributed by atoms with Gasteiger partial charge in [-0.05, 0) is 92.1 Å². The normalized spacial score (nSPS) is 14.6. The molecular formula is C61H74N2O13. The Morgan fingerprint density at radius 3 is 1.47 bits per heavy atom. The van der Waals surface area contributed by atoms with Gasteiger partial charge in [-0.25, -0.2) is 19.6 Å². The minimum Gasteiger partial charge on any atom is -0.497 e. The third-order valence-corrected chi connectivity index (χ3v) is 12.4. The molecule has 2 aromatic carbocycles. The van der Waals surface area contributed by atoms with E-state index in [1.54, 1.807) is 64.9 Å². The lowest BCUT2D eigenvalue weighted by molar-refractivity contribution is -0.0766. The van der Waals surface area contributed by atoms with E-state index >= 15 is 0 Å². The molecule has 0 aliphatic rings. The van der Waals surface area contributed by atoms with Crippen LogP contribution >= 0.6 is 0 Å². The molecular weight excluding hydrogens is 969 g/mol. The van der Waals surface area contributed by atoms with E-state index in [1.807, 2.05) is 127 Å². The highest BCUT2D eigenvalue weighted by molar-refractivity contribution is 5.87. The highest BCUT2D eigenvalue weighted by Gasteiger charge is 2.40. The molecule has 76 heavy (non-hydrogen) atoms. The largest absolute Gasteiger partial charge is 0.497 e. The van der Waals surface area contributed by atoms with Gasteiger partial charge in [-0.15, -0.1) is 0 Å². The fraction of sp³-hybridized carbons (Fsp3) is 0.410. The molecule has 4 rings (SSSR count). The van der Waals surface area contributed by atoms with Gasteiger partial charge in [0, 0.05) is 31.5 Å². The number of carbonyl (C=O) groups is 2. The summed E-state index contributed by atoms with van der Waals surface area (Å²) in [6.07, 6.45) is 22.3. The fourth-order valence-electron chi connectivity index (χ4n) is 7.49. The molecule has 0 amide bonds. The lowest BCUT2D eigenvalue weighted by atomic mass is 9.78. The van der Waals surface area contributed by atoms with Gasteiger partial charge in [-0.1, -0.05) is 112 Å². The van der Waals surface area contributed by atoms with E-state index in [-0.39, 0.29) is 36.2 Å². The summed E-state index contributed by atoms with van der Waals surface area (Å²) in [6, 6.07) is 15.3. The van der Waals surface area contributed by atoms with Gasteiger partial charge in [-0.2, -0.15) is 0 Å². The molecule has 0 radical (unpaired) electrons.